The van der Waals surface area contributed by atoms with E-state index in [-0.39, 0.29) is 29.1 Å². The van der Waals surface area contributed by atoms with Gasteiger partial charge in [0.1, 0.15) is 17.0 Å². The van der Waals surface area contributed by atoms with Crippen molar-refractivity contribution in [3.05, 3.63) is 69.9 Å². The molecular weight excluding hydrogens is 418 g/mol. The minimum Gasteiger partial charge on any atom is -0.462 e. The fraction of sp³-hybridized carbons (Fsp3) is 0.320. The Kier molecular flexibility index (Phi) is 5.50. The van der Waals surface area contributed by atoms with E-state index in [4.69, 9.17) is 4.74 Å². The zero-order chi connectivity index (χ0) is 22.9. The summed E-state index contributed by atoms with van der Waals surface area (Å²) in [4.78, 5) is 37.8. The van der Waals surface area contributed by atoms with Crippen LogP contribution in [0.5, 0.6) is 0 Å². The Morgan fingerprint density at radius 1 is 1.12 bits per heavy atom. The summed E-state index contributed by atoms with van der Waals surface area (Å²) in [6.07, 6.45) is 8.11. The van der Waals surface area contributed by atoms with Crippen LogP contribution in [0.2, 0.25) is 0 Å². The lowest BCUT2D eigenvalue weighted by molar-refractivity contribution is 0.0529. The van der Waals surface area contributed by atoms with Gasteiger partial charge in [0.25, 0.3) is 5.56 Å². The third-order valence-electron chi connectivity index (χ3n) is 6.25. The van der Waals surface area contributed by atoms with Crippen molar-refractivity contribution in [2.45, 2.75) is 45.4 Å². The predicted molar refractivity (Wildman–Crippen MR) is 124 cm³/mol. The molecule has 0 radical (unpaired) electrons. The highest BCUT2D eigenvalue weighted by Gasteiger charge is 2.26. The van der Waals surface area contributed by atoms with Gasteiger partial charge in [-0.05, 0) is 43.7 Å². The van der Waals surface area contributed by atoms with Crippen molar-refractivity contribution in [1.29, 1.82) is 0 Å². The van der Waals surface area contributed by atoms with E-state index in [0.29, 0.717) is 23.0 Å². The fourth-order valence-electron chi connectivity index (χ4n) is 4.59. The van der Waals surface area contributed by atoms with Crippen molar-refractivity contribution in [3.8, 4) is 22.6 Å². The number of benzene rings is 1. The third-order valence-corrected chi connectivity index (χ3v) is 6.25. The largest absolute Gasteiger partial charge is 0.462 e. The maximum Gasteiger partial charge on any atom is 0.344 e. The van der Waals surface area contributed by atoms with Gasteiger partial charge < -0.3 is 9.72 Å². The normalized spacial score (nSPS) is 14.1. The standard InChI is InChI=1S/C25H25N5O3/c1-3-33-25(32)21-23(22-15(2)26-12-13-27-22)29-30-20(31)14-19(28-24(21)30)18-10-8-17(9-11-18)16-6-4-5-7-16/h8-14,16,28H,3-7H2,1-2H3. The Morgan fingerprint density at radius 2 is 1.85 bits per heavy atom. The molecule has 3 heterocycles. The summed E-state index contributed by atoms with van der Waals surface area (Å²) in [5.74, 6) is 0.0422. The van der Waals surface area contributed by atoms with Gasteiger partial charge in [-0.25, -0.2) is 4.79 Å². The molecule has 5 rings (SSSR count). The molecule has 1 saturated carbocycles. The first kappa shape index (κ1) is 21.1. The molecule has 4 aromatic rings. The van der Waals surface area contributed by atoms with Crippen molar-refractivity contribution in [1.82, 2.24) is 24.6 Å². The SMILES string of the molecule is CCOC(=O)c1c(-c2nccnc2C)nn2c(=O)cc(-c3ccc(C4CCCC4)cc3)[nH]c12. The molecular formula is C25H25N5O3. The molecule has 0 atom stereocenters. The number of esters is 1. The first-order valence-electron chi connectivity index (χ1n) is 11.3. The van der Waals surface area contributed by atoms with Crippen molar-refractivity contribution < 1.29 is 9.53 Å². The number of rotatable bonds is 5. The number of ether oxygens (including phenoxy) is 1. The molecule has 168 valence electrons. The zero-order valence-electron chi connectivity index (χ0n) is 18.7. The highest BCUT2D eigenvalue weighted by Crippen LogP contribution is 2.35. The molecule has 1 aliphatic carbocycles. The molecule has 1 fully saturated rings. The Morgan fingerprint density at radius 3 is 2.55 bits per heavy atom. The monoisotopic (exact) mass is 443 g/mol. The Bertz CT molecular complexity index is 1380. The highest BCUT2D eigenvalue weighted by atomic mass is 16.5. The van der Waals surface area contributed by atoms with Gasteiger partial charge in [-0.3, -0.25) is 14.8 Å². The molecule has 8 nitrogen and oxygen atoms in total. The molecule has 0 amide bonds. The minimum atomic E-state index is -0.572. The number of carbonyl (C=O) groups excluding carboxylic acids is 1. The zero-order valence-corrected chi connectivity index (χ0v) is 18.7. The number of hydrogen-bond acceptors (Lipinski definition) is 6. The third kappa shape index (κ3) is 3.82. The summed E-state index contributed by atoms with van der Waals surface area (Å²) in [5, 5.41) is 4.42. The molecule has 0 spiro atoms. The van der Waals surface area contributed by atoms with E-state index in [1.165, 1.54) is 48.0 Å². The fourth-order valence-corrected chi connectivity index (χ4v) is 4.59. The number of carbonyl (C=O) groups is 1. The molecule has 0 unspecified atom stereocenters. The summed E-state index contributed by atoms with van der Waals surface area (Å²) in [6.45, 7) is 3.71. The number of H-pyrrole nitrogens is 1. The Labute approximate surface area is 190 Å². The number of aryl methyl sites for hydroxylation is 1. The molecule has 33 heavy (non-hydrogen) atoms. The van der Waals surface area contributed by atoms with E-state index in [2.05, 4.69) is 32.2 Å². The average molecular weight is 444 g/mol. The molecule has 1 aliphatic rings. The van der Waals surface area contributed by atoms with Crippen LogP contribution in [0.3, 0.4) is 0 Å². The number of hydrogen-bond donors (Lipinski definition) is 1. The number of aromatic nitrogens is 5. The predicted octanol–water partition coefficient (Wildman–Crippen LogP) is 4.29. The summed E-state index contributed by atoms with van der Waals surface area (Å²) in [7, 11) is 0. The van der Waals surface area contributed by atoms with E-state index in [1.54, 1.807) is 20.0 Å². The van der Waals surface area contributed by atoms with E-state index < -0.39 is 5.97 Å². The van der Waals surface area contributed by atoms with Crippen LogP contribution in [-0.4, -0.2) is 37.1 Å². The Hall–Kier alpha value is -3.81. The second-order valence-electron chi connectivity index (χ2n) is 8.32. The highest BCUT2D eigenvalue weighted by molar-refractivity contribution is 6.02. The molecule has 3 aromatic heterocycles. The smallest absolute Gasteiger partial charge is 0.344 e. The van der Waals surface area contributed by atoms with E-state index in [9.17, 15) is 9.59 Å². The summed E-state index contributed by atoms with van der Waals surface area (Å²) in [6, 6.07) is 9.79. The maximum atomic E-state index is 13.0. The van der Waals surface area contributed by atoms with Gasteiger partial charge in [-0.1, -0.05) is 37.1 Å². The molecule has 8 heteroatoms. The van der Waals surface area contributed by atoms with Crippen LogP contribution >= 0.6 is 0 Å². The van der Waals surface area contributed by atoms with E-state index >= 15 is 0 Å². The van der Waals surface area contributed by atoms with Crippen molar-refractivity contribution >= 4 is 11.6 Å². The van der Waals surface area contributed by atoms with Gasteiger partial charge in [0.05, 0.1) is 18.0 Å². The van der Waals surface area contributed by atoms with Gasteiger partial charge in [0.2, 0.25) is 0 Å². The number of fused-ring (bicyclic) bond motifs is 1. The molecule has 1 N–H and O–H groups in total. The lowest BCUT2D eigenvalue weighted by atomic mass is 9.96. The minimum absolute atomic E-state index is 0.168. The van der Waals surface area contributed by atoms with Gasteiger partial charge in [0, 0.05) is 18.5 Å². The van der Waals surface area contributed by atoms with Crippen LogP contribution in [0.1, 0.15) is 60.1 Å². The lowest BCUT2D eigenvalue weighted by Crippen LogP contribution is -2.15. The van der Waals surface area contributed by atoms with Gasteiger partial charge in [-0.15, -0.1) is 0 Å². The summed E-state index contributed by atoms with van der Waals surface area (Å²) < 4.78 is 6.48. The number of nitrogens with zero attached hydrogens (tertiary/aromatic N) is 4. The van der Waals surface area contributed by atoms with E-state index in [0.717, 1.165) is 5.56 Å². The Balaban J connectivity index is 1.66. The van der Waals surface area contributed by atoms with Crippen LogP contribution in [-0.2, 0) is 4.74 Å². The van der Waals surface area contributed by atoms with Crippen LogP contribution in [0, 0.1) is 6.92 Å². The van der Waals surface area contributed by atoms with E-state index in [1.807, 2.05) is 12.1 Å². The van der Waals surface area contributed by atoms with Crippen LogP contribution in [0.4, 0.5) is 0 Å². The van der Waals surface area contributed by atoms with Gasteiger partial charge in [-0.2, -0.15) is 9.61 Å². The molecule has 0 bridgehead atoms. The molecule has 0 saturated heterocycles. The molecule has 1 aromatic carbocycles. The topological polar surface area (TPSA) is 102 Å². The van der Waals surface area contributed by atoms with Crippen LogP contribution in [0.15, 0.2) is 47.5 Å². The second-order valence-corrected chi connectivity index (χ2v) is 8.32. The summed E-state index contributed by atoms with van der Waals surface area (Å²) >= 11 is 0. The van der Waals surface area contributed by atoms with Gasteiger partial charge in [0.15, 0.2) is 5.65 Å². The van der Waals surface area contributed by atoms with Crippen molar-refractivity contribution in [3.63, 3.8) is 0 Å². The first-order valence-corrected chi connectivity index (χ1v) is 11.3. The second kappa shape index (κ2) is 8.61. The quantitative estimate of drug-likeness (QED) is 0.462. The first-order chi connectivity index (χ1) is 16.1. The van der Waals surface area contributed by atoms with Gasteiger partial charge >= 0.3 is 5.97 Å². The number of nitrogens with one attached hydrogen (secondary N) is 1. The van der Waals surface area contributed by atoms with Crippen molar-refractivity contribution in [2.24, 2.45) is 0 Å². The summed E-state index contributed by atoms with van der Waals surface area (Å²) in [5.41, 5.74) is 4.19. The van der Waals surface area contributed by atoms with Crippen molar-refractivity contribution in [2.75, 3.05) is 6.61 Å². The average Bonchev–Trinajstić information content (AvgIpc) is 3.48. The lowest BCUT2D eigenvalue weighted by Gasteiger charge is -2.10. The maximum absolute atomic E-state index is 13.0. The number of aromatic amines is 1. The molecule has 0 aliphatic heterocycles. The van der Waals surface area contributed by atoms with Crippen LogP contribution < -0.4 is 5.56 Å². The van der Waals surface area contributed by atoms with Crippen LogP contribution in [0.25, 0.3) is 28.3 Å².